The summed E-state index contributed by atoms with van der Waals surface area (Å²) in [6.07, 6.45) is -1.81. The van der Waals surface area contributed by atoms with Gasteiger partial charge in [-0.2, -0.15) is 13.2 Å². The second-order valence-electron chi connectivity index (χ2n) is 6.15. The quantitative estimate of drug-likeness (QED) is 0.818. The first-order valence-electron chi connectivity index (χ1n) is 7.59. The van der Waals surface area contributed by atoms with Crippen LogP contribution in [0, 0.1) is 17.8 Å². The molecule has 0 bridgehead atoms. The summed E-state index contributed by atoms with van der Waals surface area (Å²) in [5, 5.41) is 11.5. The molecule has 1 aliphatic heterocycles. The predicted octanol–water partition coefficient (Wildman–Crippen LogP) is 1.71. The van der Waals surface area contributed by atoms with Gasteiger partial charge in [0, 0.05) is 32.7 Å². The minimum atomic E-state index is -4.63. The molecule has 1 saturated carbocycles. The molecule has 0 radical (unpaired) electrons. The van der Waals surface area contributed by atoms with E-state index in [1.807, 2.05) is 0 Å². The second kappa shape index (κ2) is 6.94. The topological polar surface area (TPSA) is 78.9 Å². The average molecular weight is 338 g/mol. The second-order valence-corrected chi connectivity index (χ2v) is 6.15. The van der Waals surface area contributed by atoms with Crippen molar-refractivity contribution in [2.24, 2.45) is 17.8 Å². The number of halogens is 3. The number of methoxy groups -OCH3 is 1. The molecule has 9 heteroatoms. The van der Waals surface area contributed by atoms with Gasteiger partial charge in [-0.3, -0.25) is 4.79 Å². The number of carboxylic acid groups (broad SMARTS) is 1. The van der Waals surface area contributed by atoms with Crippen LogP contribution >= 0.6 is 0 Å². The highest BCUT2D eigenvalue weighted by Gasteiger charge is 2.53. The highest BCUT2D eigenvalue weighted by molar-refractivity contribution is 5.77. The van der Waals surface area contributed by atoms with E-state index >= 15 is 0 Å². The number of alkyl halides is 3. The van der Waals surface area contributed by atoms with Crippen LogP contribution in [0.25, 0.3) is 0 Å². The molecule has 2 rings (SSSR count). The van der Waals surface area contributed by atoms with E-state index in [0.717, 1.165) is 24.2 Å². The first-order valence-corrected chi connectivity index (χ1v) is 7.59. The number of amides is 2. The third kappa shape index (κ3) is 4.07. The standard InChI is InChI=1S/C14H21F3N2O4/c1-23-11-4-2-3-8(11)5-18-13(22)19-6-9(12(20)21)10(7-19)14(15,16)17/h8-11H,2-7H2,1H3,(H,18,22)(H,20,21)/t8?,9-,10-,11?/m1/s1. The number of carbonyl (C=O) groups is 2. The Kier molecular flexibility index (Phi) is 5.38. The van der Waals surface area contributed by atoms with Crippen molar-refractivity contribution in [2.75, 3.05) is 26.7 Å². The van der Waals surface area contributed by atoms with Gasteiger partial charge in [0.1, 0.15) is 0 Å². The van der Waals surface area contributed by atoms with Gasteiger partial charge in [-0.1, -0.05) is 6.42 Å². The molecular formula is C14H21F3N2O4. The van der Waals surface area contributed by atoms with Gasteiger partial charge in [-0.05, 0) is 12.8 Å². The van der Waals surface area contributed by atoms with Crippen LogP contribution in [-0.4, -0.2) is 61.0 Å². The number of nitrogens with one attached hydrogen (secondary N) is 1. The summed E-state index contributed by atoms with van der Waals surface area (Å²) in [4.78, 5) is 24.0. The van der Waals surface area contributed by atoms with E-state index in [2.05, 4.69) is 5.32 Å². The van der Waals surface area contributed by atoms with E-state index in [9.17, 15) is 22.8 Å². The van der Waals surface area contributed by atoms with Crippen LogP contribution in [0.2, 0.25) is 0 Å². The van der Waals surface area contributed by atoms with Crippen LogP contribution in [0.3, 0.4) is 0 Å². The molecule has 1 heterocycles. The lowest BCUT2D eigenvalue weighted by Crippen LogP contribution is -2.42. The summed E-state index contributed by atoms with van der Waals surface area (Å²) in [6, 6.07) is -0.648. The Bertz CT molecular complexity index is 458. The first kappa shape index (κ1) is 17.8. The number of rotatable bonds is 4. The first-order chi connectivity index (χ1) is 10.7. The minimum absolute atomic E-state index is 0.0450. The summed E-state index contributed by atoms with van der Waals surface area (Å²) < 4.78 is 44.0. The zero-order valence-electron chi connectivity index (χ0n) is 12.8. The molecule has 2 fully saturated rings. The number of carboxylic acids is 1. The normalized spacial score (nSPS) is 31.4. The van der Waals surface area contributed by atoms with Crippen LogP contribution in [-0.2, 0) is 9.53 Å². The number of aliphatic carboxylic acids is 1. The molecule has 0 aromatic rings. The lowest BCUT2D eigenvalue weighted by Gasteiger charge is -2.22. The van der Waals surface area contributed by atoms with Crippen molar-refractivity contribution in [3.8, 4) is 0 Å². The van der Waals surface area contributed by atoms with Gasteiger partial charge in [0.15, 0.2) is 0 Å². The van der Waals surface area contributed by atoms with Crippen LogP contribution < -0.4 is 5.32 Å². The molecule has 0 aromatic heterocycles. The Labute approximate surface area is 132 Å². The van der Waals surface area contributed by atoms with Crippen LogP contribution in [0.5, 0.6) is 0 Å². The molecule has 2 aliphatic rings. The smallest absolute Gasteiger partial charge is 0.394 e. The molecule has 0 spiro atoms. The molecule has 4 atom stereocenters. The monoisotopic (exact) mass is 338 g/mol. The highest BCUT2D eigenvalue weighted by Crippen LogP contribution is 2.37. The zero-order chi connectivity index (χ0) is 17.2. The van der Waals surface area contributed by atoms with E-state index in [1.54, 1.807) is 7.11 Å². The lowest BCUT2D eigenvalue weighted by molar-refractivity contribution is -0.187. The van der Waals surface area contributed by atoms with Crippen LogP contribution in [0.15, 0.2) is 0 Å². The average Bonchev–Trinajstić information content (AvgIpc) is 3.10. The van der Waals surface area contributed by atoms with Gasteiger partial charge >= 0.3 is 18.2 Å². The molecule has 6 nitrogen and oxygen atoms in total. The van der Waals surface area contributed by atoms with E-state index in [4.69, 9.17) is 9.84 Å². The summed E-state index contributed by atoms with van der Waals surface area (Å²) in [5.74, 6) is -5.03. The molecule has 2 amide bonds. The van der Waals surface area contributed by atoms with Crippen molar-refractivity contribution in [1.29, 1.82) is 0 Å². The zero-order valence-corrected chi connectivity index (χ0v) is 12.8. The van der Waals surface area contributed by atoms with Gasteiger partial charge in [0.05, 0.1) is 17.9 Å². The fraction of sp³-hybridized carbons (Fsp3) is 0.857. The number of urea groups is 1. The largest absolute Gasteiger partial charge is 0.481 e. The Morgan fingerprint density at radius 2 is 2.00 bits per heavy atom. The number of carbonyl (C=O) groups excluding carboxylic acids is 1. The maximum atomic E-state index is 12.9. The van der Waals surface area contributed by atoms with Gasteiger partial charge < -0.3 is 20.1 Å². The number of hydrogen-bond donors (Lipinski definition) is 2. The molecule has 132 valence electrons. The molecule has 1 saturated heterocycles. The molecule has 23 heavy (non-hydrogen) atoms. The van der Waals surface area contributed by atoms with Crippen LogP contribution in [0.1, 0.15) is 19.3 Å². The van der Waals surface area contributed by atoms with Crippen molar-refractivity contribution in [3.63, 3.8) is 0 Å². The van der Waals surface area contributed by atoms with Gasteiger partial charge in [0.25, 0.3) is 0 Å². The van der Waals surface area contributed by atoms with Gasteiger partial charge in [-0.15, -0.1) is 0 Å². The van der Waals surface area contributed by atoms with E-state index in [0.29, 0.717) is 6.54 Å². The van der Waals surface area contributed by atoms with Crippen molar-refractivity contribution in [2.45, 2.75) is 31.5 Å². The van der Waals surface area contributed by atoms with Crippen molar-refractivity contribution < 1.29 is 32.6 Å². The van der Waals surface area contributed by atoms with Crippen molar-refractivity contribution in [3.05, 3.63) is 0 Å². The maximum Gasteiger partial charge on any atom is 0.394 e. The maximum absolute atomic E-state index is 12.9. The molecule has 0 aromatic carbocycles. The van der Waals surface area contributed by atoms with Crippen molar-refractivity contribution in [1.82, 2.24) is 10.2 Å². The Hall–Kier alpha value is -1.51. The predicted molar refractivity (Wildman–Crippen MR) is 73.8 cm³/mol. The summed E-state index contributed by atoms with van der Waals surface area (Å²) in [7, 11) is 1.59. The number of ether oxygens (including phenoxy) is 1. The van der Waals surface area contributed by atoms with E-state index in [1.165, 1.54) is 0 Å². The Morgan fingerprint density at radius 1 is 1.30 bits per heavy atom. The third-order valence-electron chi connectivity index (χ3n) is 4.75. The summed E-state index contributed by atoms with van der Waals surface area (Å²) in [5.41, 5.74) is 0. The Balaban J connectivity index is 1.91. The summed E-state index contributed by atoms with van der Waals surface area (Å²) in [6.45, 7) is -0.726. The SMILES string of the molecule is COC1CCCC1CNC(=O)N1C[C@@H](C(F)(F)F)[C@H](C(=O)O)C1. The number of likely N-dealkylation sites (tertiary alicyclic amines) is 1. The fourth-order valence-corrected chi connectivity index (χ4v) is 3.43. The number of nitrogens with zero attached hydrogens (tertiary/aromatic N) is 1. The fourth-order valence-electron chi connectivity index (χ4n) is 3.43. The third-order valence-corrected chi connectivity index (χ3v) is 4.75. The Morgan fingerprint density at radius 3 is 2.52 bits per heavy atom. The van der Waals surface area contributed by atoms with Gasteiger partial charge in [-0.25, -0.2) is 4.79 Å². The van der Waals surface area contributed by atoms with Gasteiger partial charge in [0.2, 0.25) is 0 Å². The van der Waals surface area contributed by atoms with E-state index in [-0.39, 0.29) is 12.0 Å². The van der Waals surface area contributed by atoms with E-state index < -0.39 is 43.1 Å². The van der Waals surface area contributed by atoms with Crippen LogP contribution in [0.4, 0.5) is 18.0 Å². The molecule has 2 N–H and O–H groups in total. The molecule has 2 unspecified atom stereocenters. The highest BCUT2D eigenvalue weighted by atomic mass is 19.4. The molecular weight excluding hydrogens is 317 g/mol. The minimum Gasteiger partial charge on any atom is -0.481 e. The number of hydrogen-bond acceptors (Lipinski definition) is 3. The lowest BCUT2D eigenvalue weighted by atomic mass is 9.96. The van der Waals surface area contributed by atoms with Crippen molar-refractivity contribution >= 4 is 12.0 Å². The molecule has 1 aliphatic carbocycles. The summed E-state index contributed by atoms with van der Waals surface area (Å²) >= 11 is 0.